The third-order valence-corrected chi connectivity index (χ3v) is 3.11. The Morgan fingerprint density at radius 3 is 2.59 bits per heavy atom. The topological polar surface area (TPSA) is 70.7 Å². The van der Waals surface area contributed by atoms with E-state index in [2.05, 4.69) is 10.6 Å². The summed E-state index contributed by atoms with van der Waals surface area (Å²) in [7, 11) is 3.49. The molecule has 0 spiro atoms. The van der Waals surface area contributed by atoms with Crippen LogP contribution in [-0.2, 0) is 16.1 Å². The minimum absolute atomic E-state index is 0.00821. The minimum Gasteiger partial charge on any atom is -0.496 e. The Hall–Kier alpha value is -2.08. The zero-order chi connectivity index (χ0) is 16.5. The van der Waals surface area contributed by atoms with Crippen molar-refractivity contribution in [2.24, 2.45) is 0 Å². The third-order valence-electron chi connectivity index (χ3n) is 3.11. The number of rotatable bonds is 8. The molecule has 1 aromatic carbocycles. The molecule has 2 amide bonds. The number of ether oxygens (including phenoxy) is 1. The maximum Gasteiger partial charge on any atom is 0.239 e. The Balaban J connectivity index is 2.49. The quantitative estimate of drug-likeness (QED) is 0.741. The van der Waals surface area contributed by atoms with Crippen molar-refractivity contribution in [1.82, 2.24) is 15.5 Å². The number of benzene rings is 1. The molecule has 0 bridgehead atoms. The van der Waals surface area contributed by atoms with Gasteiger partial charge in [0.25, 0.3) is 0 Å². The molecule has 0 aliphatic heterocycles. The summed E-state index contributed by atoms with van der Waals surface area (Å²) in [5, 5.41) is 5.23. The van der Waals surface area contributed by atoms with Crippen molar-refractivity contribution in [3.05, 3.63) is 29.3 Å². The molecule has 0 saturated heterocycles. The fourth-order valence-corrected chi connectivity index (χ4v) is 2.12. The molecule has 0 aromatic heterocycles. The molecule has 0 fully saturated rings. The van der Waals surface area contributed by atoms with E-state index in [4.69, 9.17) is 4.74 Å². The average Bonchev–Trinajstić information content (AvgIpc) is 2.45. The maximum absolute atomic E-state index is 11.8. The Morgan fingerprint density at radius 2 is 1.95 bits per heavy atom. The van der Waals surface area contributed by atoms with Gasteiger partial charge in [0.2, 0.25) is 11.8 Å². The summed E-state index contributed by atoms with van der Waals surface area (Å²) in [4.78, 5) is 25.0. The number of hydrogen-bond acceptors (Lipinski definition) is 4. The molecule has 0 atom stereocenters. The lowest BCUT2D eigenvalue weighted by Gasteiger charge is -2.18. The number of carbonyl (C=O) groups excluding carboxylic acids is 2. The average molecular weight is 307 g/mol. The highest BCUT2D eigenvalue weighted by Gasteiger charge is 2.11. The molecule has 22 heavy (non-hydrogen) atoms. The van der Waals surface area contributed by atoms with Gasteiger partial charge in [-0.2, -0.15) is 0 Å². The third kappa shape index (κ3) is 6.13. The molecule has 6 nitrogen and oxygen atoms in total. The van der Waals surface area contributed by atoms with Gasteiger partial charge in [-0.1, -0.05) is 17.7 Å². The molecule has 0 radical (unpaired) electrons. The highest BCUT2D eigenvalue weighted by atomic mass is 16.5. The molecule has 0 aliphatic carbocycles. The fourth-order valence-electron chi connectivity index (χ4n) is 2.12. The van der Waals surface area contributed by atoms with Crippen molar-refractivity contribution in [1.29, 1.82) is 0 Å². The zero-order valence-electron chi connectivity index (χ0n) is 13.7. The number of methoxy groups -OCH3 is 1. The van der Waals surface area contributed by atoms with E-state index in [0.29, 0.717) is 13.1 Å². The first-order valence-corrected chi connectivity index (χ1v) is 7.31. The minimum atomic E-state index is -0.182. The van der Waals surface area contributed by atoms with Crippen LogP contribution in [0.4, 0.5) is 0 Å². The summed E-state index contributed by atoms with van der Waals surface area (Å²) in [5.41, 5.74) is 2.17. The molecular weight excluding hydrogens is 282 g/mol. The maximum atomic E-state index is 11.8. The molecule has 2 N–H and O–H groups in total. The summed E-state index contributed by atoms with van der Waals surface area (Å²) in [6.07, 6.45) is 0. The molecule has 6 heteroatoms. The molecule has 1 rings (SSSR count). The van der Waals surface area contributed by atoms with E-state index in [1.54, 1.807) is 7.11 Å². The lowest BCUT2D eigenvalue weighted by Crippen LogP contribution is -2.41. The molecule has 1 aromatic rings. The van der Waals surface area contributed by atoms with Crippen LogP contribution in [0.15, 0.2) is 18.2 Å². The number of aryl methyl sites for hydroxylation is 1. The Labute approximate surface area is 131 Å². The van der Waals surface area contributed by atoms with Gasteiger partial charge in [-0.25, -0.2) is 0 Å². The highest BCUT2D eigenvalue weighted by Crippen LogP contribution is 2.20. The van der Waals surface area contributed by atoms with Gasteiger partial charge in [-0.05, 0) is 27.0 Å². The number of nitrogens with zero attached hydrogens (tertiary/aromatic N) is 1. The van der Waals surface area contributed by atoms with Gasteiger partial charge in [-0.3, -0.25) is 14.5 Å². The first kappa shape index (κ1) is 18.0. The van der Waals surface area contributed by atoms with E-state index in [9.17, 15) is 9.59 Å². The van der Waals surface area contributed by atoms with Crippen LogP contribution in [0.5, 0.6) is 5.75 Å². The van der Waals surface area contributed by atoms with Gasteiger partial charge in [0, 0.05) is 18.7 Å². The predicted molar refractivity (Wildman–Crippen MR) is 85.8 cm³/mol. The lowest BCUT2D eigenvalue weighted by atomic mass is 10.1. The van der Waals surface area contributed by atoms with E-state index in [-0.39, 0.29) is 24.9 Å². The van der Waals surface area contributed by atoms with Crippen LogP contribution < -0.4 is 15.4 Å². The normalized spacial score (nSPS) is 10.4. The molecular formula is C16H25N3O3. The molecule has 0 aliphatic rings. The van der Waals surface area contributed by atoms with Crippen molar-refractivity contribution in [2.75, 3.05) is 33.8 Å². The summed E-state index contributed by atoms with van der Waals surface area (Å²) in [6, 6.07) is 5.96. The number of nitrogens with one attached hydrogen (secondary N) is 2. The molecule has 0 heterocycles. The second kappa shape index (κ2) is 9.04. The van der Waals surface area contributed by atoms with Crippen LogP contribution >= 0.6 is 0 Å². The Morgan fingerprint density at radius 1 is 1.23 bits per heavy atom. The van der Waals surface area contributed by atoms with Crippen LogP contribution in [0.25, 0.3) is 0 Å². The number of amides is 2. The van der Waals surface area contributed by atoms with Crippen molar-refractivity contribution >= 4 is 11.8 Å². The van der Waals surface area contributed by atoms with E-state index in [1.165, 1.54) is 0 Å². The van der Waals surface area contributed by atoms with Gasteiger partial charge in [0.1, 0.15) is 5.75 Å². The lowest BCUT2D eigenvalue weighted by molar-refractivity contribution is -0.126. The smallest absolute Gasteiger partial charge is 0.239 e. The van der Waals surface area contributed by atoms with Crippen molar-refractivity contribution in [3.63, 3.8) is 0 Å². The Bertz CT molecular complexity index is 517. The molecule has 122 valence electrons. The predicted octanol–water partition coefficient (Wildman–Crippen LogP) is 0.688. The van der Waals surface area contributed by atoms with Gasteiger partial charge >= 0.3 is 0 Å². The van der Waals surface area contributed by atoms with Crippen LogP contribution in [0.2, 0.25) is 0 Å². The number of hydrogen-bond donors (Lipinski definition) is 2. The van der Waals surface area contributed by atoms with E-state index < -0.39 is 0 Å². The summed E-state index contributed by atoms with van der Waals surface area (Å²) >= 11 is 0. The Kier molecular flexibility index (Phi) is 7.39. The fraction of sp³-hybridized carbons (Fsp3) is 0.500. The van der Waals surface area contributed by atoms with Gasteiger partial charge < -0.3 is 15.4 Å². The van der Waals surface area contributed by atoms with Crippen LogP contribution in [0, 0.1) is 6.92 Å². The van der Waals surface area contributed by atoms with E-state index in [1.807, 2.05) is 44.0 Å². The molecule has 0 saturated carbocycles. The summed E-state index contributed by atoms with van der Waals surface area (Å²) in [5.74, 6) is 0.444. The molecule has 0 unspecified atom stereocenters. The van der Waals surface area contributed by atoms with Crippen molar-refractivity contribution in [2.45, 2.75) is 20.4 Å². The SMILES string of the molecule is CCNC(=O)CNC(=O)CN(C)Cc1cc(C)ccc1OC. The van der Waals surface area contributed by atoms with Gasteiger partial charge in [0.15, 0.2) is 0 Å². The first-order chi connectivity index (χ1) is 10.5. The van der Waals surface area contributed by atoms with Crippen LogP contribution in [-0.4, -0.2) is 50.5 Å². The standard InChI is InChI=1S/C16H25N3O3/c1-5-17-15(20)9-18-16(21)11-19(3)10-13-8-12(2)6-7-14(13)22-4/h6-8H,5,9-11H2,1-4H3,(H,17,20)(H,18,21). The van der Waals surface area contributed by atoms with E-state index in [0.717, 1.165) is 16.9 Å². The number of likely N-dealkylation sites (N-methyl/N-ethyl adjacent to an activating group) is 2. The van der Waals surface area contributed by atoms with Crippen molar-refractivity contribution in [3.8, 4) is 5.75 Å². The number of carbonyl (C=O) groups is 2. The second-order valence-corrected chi connectivity index (χ2v) is 5.22. The van der Waals surface area contributed by atoms with E-state index >= 15 is 0 Å². The summed E-state index contributed by atoms with van der Waals surface area (Å²) < 4.78 is 5.33. The first-order valence-electron chi connectivity index (χ1n) is 7.31. The zero-order valence-corrected chi connectivity index (χ0v) is 13.7. The van der Waals surface area contributed by atoms with Crippen molar-refractivity contribution < 1.29 is 14.3 Å². The monoisotopic (exact) mass is 307 g/mol. The second-order valence-electron chi connectivity index (χ2n) is 5.22. The largest absolute Gasteiger partial charge is 0.496 e. The van der Waals surface area contributed by atoms with Gasteiger partial charge in [-0.15, -0.1) is 0 Å². The van der Waals surface area contributed by atoms with Crippen LogP contribution in [0.3, 0.4) is 0 Å². The van der Waals surface area contributed by atoms with Crippen LogP contribution in [0.1, 0.15) is 18.1 Å². The van der Waals surface area contributed by atoms with Gasteiger partial charge in [0.05, 0.1) is 20.2 Å². The highest BCUT2D eigenvalue weighted by molar-refractivity contribution is 5.85. The summed E-state index contributed by atoms with van der Waals surface area (Å²) in [6.45, 7) is 5.23.